The summed E-state index contributed by atoms with van der Waals surface area (Å²) in [6.45, 7) is 16.8. The van der Waals surface area contributed by atoms with Gasteiger partial charge in [0.05, 0.1) is 112 Å². The summed E-state index contributed by atoms with van der Waals surface area (Å²) in [5.74, 6) is 0.370. The van der Waals surface area contributed by atoms with Crippen LogP contribution in [-0.2, 0) is 49.4 Å². The number of hydrogen-bond donors (Lipinski definition) is 5. The van der Waals surface area contributed by atoms with E-state index in [0.29, 0.717) is 105 Å². The molecule has 5 aromatic rings. The van der Waals surface area contributed by atoms with Gasteiger partial charge in [0.25, 0.3) is 5.91 Å². The molecule has 438 valence electrons. The highest BCUT2D eigenvalue weighted by Crippen LogP contribution is 2.31. The molecule has 0 radical (unpaired) electrons. The smallest absolute Gasteiger partial charge is 0.267 e. The minimum Gasteiger partial charge on any atom is -0.391 e. The number of likely N-dealkylation sites (tertiary alicyclic amines) is 1. The molecule has 3 unspecified atom stereocenters. The van der Waals surface area contributed by atoms with Gasteiger partial charge in [0.1, 0.15) is 34.4 Å². The molecule has 7 rings (SSSR count). The number of amides is 5. The number of nitrogens with one attached hydrogen (secondary N) is 4. The molecule has 25 heteroatoms. The maximum atomic E-state index is 14.0. The number of aromatic nitrogens is 4. The number of hydrogen-bond acceptors (Lipinski definition) is 19. The Morgan fingerprint density at radius 1 is 0.815 bits per heavy atom. The minimum atomic E-state index is -0.939. The maximum absolute atomic E-state index is 14.0. The topological polar surface area (TPSA) is 261 Å². The van der Waals surface area contributed by atoms with Gasteiger partial charge >= 0.3 is 0 Å². The van der Waals surface area contributed by atoms with Crippen molar-refractivity contribution in [2.75, 3.05) is 114 Å². The molecule has 0 spiro atoms. The van der Waals surface area contributed by atoms with Crippen molar-refractivity contribution in [3.05, 3.63) is 92.8 Å². The van der Waals surface area contributed by atoms with Crippen LogP contribution in [0.5, 0.6) is 0 Å². The lowest BCUT2D eigenvalue weighted by molar-refractivity contribution is -0.144. The molecule has 2 saturated heterocycles. The van der Waals surface area contributed by atoms with Gasteiger partial charge in [-0.25, -0.2) is 19.9 Å². The number of nitrogens with zero attached hydrogens (tertiary/aromatic N) is 7. The van der Waals surface area contributed by atoms with Gasteiger partial charge in [-0.3, -0.25) is 24.0 Å². The van der Waals surface area contributed by atoms with Gasteiger partial charge in [-0.2, -0.15) is 0 Å². The third-order valence-corrected chi connectivity index (χ3v) is 15.5. The van der Waals surface area contributed by atoms with Gasteiger partial charge in [0.15, 0.2) is 5.13 Å². The molecule has 2 aromatic carbocycles. The number of carbonyl (C=O) groups is 5. The monoisotopic (exact) mass is 1180 g/mol. The van der Waals surface area contributed by atoms with E-state index in [-0.39, 0.29) is 75.8 Å². The van der Waals surface area contributed by atoms with Crippen LogP contribution in [0.3, 0.4) is 0 Å². The number of para-hydroxylation sites is 1. The molecule has 5 amide bonds. The number of anilines is 4. The molecule has 0 aliphatic carbocycles. The van der Waals surface area contributed by atoms with Gasteiger partial charge in [0.2, 0.25) is 23.6 Å². The van der Waals surface area contributed by atoms with Crippen molar-refractivity contribution in [2.45, 2.75) is 85.5 Å². The molecule has 3 aromatic heterocycles. The van der Waals surface area contributed by atoms with Crippen LogP contribution < -0.4 is 26.2 Å². The Morgan fingerprint density at radius 3 is 2.07 bits per heavy atom. The third kappa shape index (κ3) is 18.9. The normalized spacial score (nSPS) is 15.9. The number of halogens is 1. The van der Waals surface area contributed by atoms with E-state index < -0.39 is 29.5 Å². The van der Waals surface area contributed by atoms with Crippen LogP contribution in [0.2, 0.25) is 5.02 Å². The molecule has 22 nitrogen and oxygen atoms in total. The Morgan fingerprint density at radius 2 is 1.46 bits per heavy atom. The van der Waals surface area contributed by atoms with Crippen molar-refractivity contribution in [3.8, 4) is 10.4 Å². The third-order valence-electron chi connectivity index (χ3n) is 13.3. The van der Waals surface area contributed by atoms with Crippen LogP contribution in [-0.4, -0.2) is 181 Å². The lowest BCUT2D eigenvalue weighted by Crippen LogP contribution is -2.57. The number of carbonyl (C=O) groups excluding carboxylic acids is 5. The summed E-state index contributed by atoms with van der Waals surface area (Å²) in [5.41, 5.74) is 5.44. The zero-order valence-corrected chi connectivity index (χ0v) is 49.2. The lowest BCUT2D eigenvalue weighted by atomic mass is 9.85. The van der Waals surface area contributed by atoms with Crippen LogP contribution in [0.4, 0.5) is 22.5 Å². The van der Waals surface area contributed by atoms with E-state index in [1.54, 1.807) is 17.4 Å². The van der Waals surface area contributed by atoms with Crippen LogP contribution >= 0.6 is 34.3 Å². The zero-order chi connectivity index (χ0) is 57.9. The molecule has 5 N–H and O–H groups in total. The average molecular weight is 1180 g/mol. The molecular weight excluding hydrogens is 1100 g/mol. The number of aryl methyl sites for hydroxylation is 3. The first-order valence-corrected chi connectivity index (χ1v) is 29.1. The van der Waals surface area contributed by atoms with Crippen molar-refractivity contribution in [3.63, 3.8) is 0 Å². The van der Waals surface area contributed by atoms with Gasteiger partial charge in [-0.05, 0) is 48.9 Å². The predicted octanol–water partition coefficient (Wildman–Crippen LogP) is 5.95. The van der Waals surface area contributed by atoms with Crippen LogP contribution in [0, 0.1) is 26.2 Å². The van der Waals surface area contributed by atoms with E-state index in [0.717, 1.165) is 33.1 Å². The number of thiazole rings is 2. The molecule has 81 heavy (non-hydrogen) atoms. The fourth-order valence-corrected chi connectivity index (χ4v) is 10.8. The summed E-state index contributed by atoms with van der Waals surface area (Å²) in [4.78, 5) is 91.0. The second-order valence-electron chi connectivity index (χ2n) is 20.6. The van der Waals surface area contributed by atoms with E-state index in [4.69, 9.17) is 35.3 Å². The van der Waals surface area contributed by atoms with E-state index in [9.17, 15) is 29.1 Å². The molecule has 2 aliphatic heterocycles. The first kappa shape index (κ1) is 62.4. The van der Waals surface area contributed by atoms with Crippen molar-refractivity contribution in [1.82, 2.24) is 40.4 Å². The van der Waals surface area contributed by atoms with Crippen LogP contribution in [0.1, 0.15) is 72.4 Å². The van der Waals surface area contributed by atoms with Crippen molar-refractivity contribution in [1.29, 1.82) is 0 Å². The quantitative estimate of drug-likeness (QED) is 0.0346. The van der Waals surface area contributed by atoms with E-state index in [2.05, 4.69) is 46.1 Å². The summed E-state index contributed by atoms with van der Waals surface area (Å²) in [7, 11) is 0. The second-order valence-corrected chi connectivity index (χ2v) is 22.9. The Kier molecular flexibility index (Phi) is 23.7. The summed E-state index contributed by atoms with van der Waals surface area (Å²) in [6, 6.07) is 13.3. The summed E-state index contributed by atoms with van der Waals surface area (Å²) < 4.78 is 28.0. The minimum absolute atomic E-state index is 0.0131. The number of piperazine rings is 1. The van der Waals surface area contributed by atoms with Crippen molar-refractivity contribution < 1.29 is 52.8 Å². The maximum Gasteiger partial charge on any atom is 0.267 e. The van der Waals surface area contributed by atoms with Gasteiger partial charge in [0, 0.05) is 58.2 Å². The Bertz CT molecular complexity index is 2860. The molecule has 0 bridgehead atoms. The molecule has 5 heterocycles. The highest BCUT2D eigenvalue weighted by Gasteiger charge is 2.44. The summed E-state index contributed by atoms with van der Waals surface area (Å²) >= 11 is 9.06. The van der Waals surface area contributed by atoms with Crippen molar-refractivity contribution >= 4 is 86.3 Å². The largest absolute Gasteiger partial charge is 0.391 e. The Hall–Kier alpha value is -6.22. The fourth-order valence-electron chi connectivity index (χ4n) is 8.95. The Balaban J connectivity index is 0.675. The first-order valence-electron chi connectivity index (χ1n) is 27.0. The second kappa shape index (κ2) is 30.7. The van der Waals surface area contributed by atoms with Gasteiger partial charge in [-0.15, -0.1) is 11.3 Å². The van der Waals surface area contributed by atoms with Crippen LogP contribution in [0.15, 0.2) is 60.2 Å². The highest BCUT2D eigenvalue weighted by atomic mass is 35.5. The van der Waals surface area contributed by atoms with Crippen LogP contribution in [0.25, 0.3) is 10.4 Å². The molecule has 2 aliphatic rings. The number of aliphatic hydroxyl groups excluding tert-OH is 1. The summed E-state index contributed by atoms with van der Waals surface area (Å²) in [5, 5.41) is 23.4. The van der Waals surface area contributed by atoms with E-state index >= 15 is 0 Å². The molecule has 2 fully saturated rings. The molecular formula is C56H74ClN11O11S2. The summed E-state index contributed by atoms with van der Waals surface area (Å²) in [6.07, 6.45) is 1.01. The first-order chi connectivity index (χ1) is 38.9. The number of aliphatic hydroxyl groups is 1. The highest BCUT2D eigenvalue weighted by molar-refractivity contribution is 7.17. The Labute approximate surface area is 485 Å². The number of β-amino-alcohol motifs (C(OH)–C–C–N with tert-alkyl or cyclic N) is 1. The van der Waals surface area contributed by atoms with Crippen molar-refractivity contribution in [2.24, 2.45) is 5.41 Å². The molecule has 3 atom stereocenters. The zero-order valence-electron chi connectivity index (χ0n) is 46.8. The number of ether oxygens (including phenoxy) is 5. The van der Waals surface area contributed by atoms with E-state index in [1.807, 2.05) is 94.4 Å². The van der Waals surface area contributed by atoms with E-state index in [1.165, 1.54) is 22.4 Å². The lowest BCUT2D eigenvalue weighted by Gasteiger charge is -2.35. The van der Waals surface area contributed by atoms with Gasteiger partial charge < -0.3 is 64.8 Å². The standard InChI is InChI=1S/C56H74ClN11O11S2/c1-36-8-7-9-42(57)49(36)65-53(73)44-33-59-55(81-44)63-45-31-46(62-38(3)61-45)66-16-18-67(19-17-66)48(71)15-21-76-23-25-78-27-29-79-28-26-77-24-22-75-20-14-47(70)64-51(56(4,5)6)54(74)68-34-41(69)30-43(68)52(72)58-32-39-10-12-40(13-11-39)50-37(2)60-35-80-50/h7-13,31,33,35,41,43,51,69H,14-30,32,34H2,1-6H3,(H,58,72)(H,64,70)(H,65,73)(H,59,61,62,63). The fraction of sp³-hybridized carbons (Fsp3) is 0.518. The molecule has 0 saturated carbocycles. The predicted molar refractivity (Wildman–Crippen MR) is 310 cm³/mol. The van der Waals surface area contributed by atoms with Gasteiger partial charge in [-0.1, -0.05) is 80.1 Å². The number of rotatable bonds is 29. The average Bonchev–Trinajstić information content (AvgIpc) is 4.22. The number of benzene rings is 2. The SMILES string of the molecule is Cc1nc(Nc2ncc(C(=O)Nc3c(C)cccc3Cl)s2)cc(N2CCN(C(=O)CCOCCOCCOCCOCCOCCC(=O)NC(C(=O)N3CC(O)CC3C(=O)NCc3ccc(-c4scnc4C)cc3)C(C)(C)C)CC2)n1.